The fourth-order valence-electron chi connectivity index (χ4n) is 2.88. The van der Waals surface area contributed by atoms with E-state index in [-0.39, 0.29) is 11.3 Å². The Labute approximate surface area is 111 Å². The van der Waals surface area contributed by atoms with Crippen LogP contribution in [0.3, 0.4) is 0 Å². The van der Waals surface area contributed by atoms with Crippen molar-refractivity contribution in [1.82, 2.24) is 0 Å². The zero-order chi connectivity index (χ0) is 13.8. The third-order valence-electron chi connectivity index (χ3n) is 4.13. The predicted octanol–water partition coefficient (Wildman–Crippen LogP) is 2.12. The van der Waals surface area contributed by atoms with Crippen LogP contribution >= 0.6 is 0 Å². The first-order valence-corrected chi connectivity index (χ1v) is 6.22. The van der Waals surface area contributed by atoms with Crippen LogP contribution in [-0.2, 0) is 14.9 Å². The van der Waals surface area contributed by atoms with E-state index in [0.717, 1.165) is 29.7 Å². The quantitative estimate of drug-likeness (QED) is 0.762. The summed E-state index contributed by atoms with van der Waals surface area (Å²) in [4.78, 5) is 25.7. The number of benzene rings is 1. The molecule has 4 nitrogen and oxygen atoms in total. The lowest BCUT2D eigenvalue weighted by Crippen LogP contribution is -2.27. The van der Waals surface area contributed by atoms with Gasteiger partial charge in [-0.2, -0.15) is 0 Å². The molecule has 0 aromatic heterocycles. The molecule has 19 heavy (non-hydrogen) atoms. The van der Waals surface area contributed by atoms with Gasteiger partial charge in [-0.15, -0.1) is 0 Å². The molecular formula is C15H15NO3. The van der Waals surface area contributed by atoms with Gasteiger partial charge in [-0.1, -0.05) is 12.7 Å². The van der Waals surface area contributed by atoms with E-state index in [1.807, 2.05) is 6.07 Å². The number of anilines is 1. The number of hydrogen-bond donors (Lipinski definition) is 0. The van der Waals surface area contributed by atoms with Gasteiger partial charge in [0, 0.05) is 12.7 Å². The van der Waals surface area contributed by atoms with Gasteiger partial charge >= 0.3 is 5.97 Å². The van der Waals surface area contributed by atoms with Gasteiger partial charge < -0.3 is 9.64 Å². The smallest absolute Gasteiger partial charge is 0.338 e. The van der Waals surface area contributed by atoms with Crippen LogP contribution in [-0.4, -0.2) is 26.0 Å². The Morgan fingerprint density at radius 2 is 2.16 bits per heavy atom. The number of likely N-dealkylation sites (N-methyl/N-ethyl adjacent to an activating group) is 1. The average molecular weight is 257 g/mol. The monoisotopic (exact) mass is 257 g/mol. The van der Waals surface area contributed by atoms with Crippen LogP contribution in [0.2, 0.25) is 0 Å². The molecule has 1 fully saturated rings. The van der Waals surface area contributed by atoms with Gasteiger partial charge in [0.15, 0.2) is 0 Å². The summed E-state index contributed by atoms with van der Waals surface area (Å²) in [6, 6.07) is 3.64. The molecule has 1 heterocycles. The van der Waals surface area contributed by atoms with Gasteiger partial charge in [-0.3, -0.25) is 4.79 Å². The SMILES string of the molecule is C=Cc1cc2c(cc1C(=O)OC)N(C)C(=O)C21CC1. The molecule has 1 aliphatic heterocycles. The molecule has 1 aromatic carbocycles. The first-order chi connectivity index (χ1) is 9.05. The highest BCUT2D eigenvalue weighted by atomic mass is 16.5. The number of carbonyl (C=O) groups excluding carboxylic acids is 2. The van der Waals surface area contributed by atoms with Crippen molar-refractivity contribution < 1.29 is 14.3 Å². The fourth-order valence-corrected chi connectivity index (χ4v) is 2.88. The van der Waals surface area contributed by atoms with E-state index in [9.17, 15) is 9.59 Å². The maximum Gasteiger partial charge on any atom is 0.338 e. The Hall–Kier alpha value is -2.10. The molecule has 0 atom stereocenters. The van der Waals surface area contributed by atoms with Crippen molar-refractivity contribution in [3.63, 3.8) is 0 Å². The van der Waals surface area contributed by atoms with Crippen molar-refractivity contribution in [3.05, 3.63) is 35.4 Å². The number of rotatable bonds is 2. The summed E-state index contributed by atoms with van der Waals surface area (Å²) < 4.78 is 4.78. The lowest BCUT2D eigenvalue weighted by Gasteiger charge is -2.12. The Kier molecular flexibility index (Phi) is 2.33. The van der Waals surface area contributed by atoms with Gasteiger partial charge in [0.2, 0.25) is 5.91 Å². The highest BCUT2D eigenvalue weighted by molar-refractivity contribution is 6.11. The molecule has 2 aliphatic rings. The third-order valence-corrected chi connectivity index (χ3v) is 4.13. The molecule has 98 valence electrons. The number of methoxy groups -OCH3 is 1. The molecule has 0 radical (unpaired) electrons. The zero-order valence-electron chi connectivity index (χ0n) is 11.0. The molecular weight excluding hydrogens is 242 g/mol. The molecule has 1 aliphatic carbocycles. The van der Waals surface area contributed by atoms with Gasteiger partial charge in [-0.25, -0.2) is 4.79 Å². The molecule has 1 aromatic rings. The largest absolute Gasteiger partial charge is 0.465 e. The molecule has 1 spiro atoms. The van der Waals surface area contributed by atoms with E-state index >= 15 is 0 Å². The Bertz CT molecular complexity index is 614. The molecule has 0 saturated heterocycles. The number of hydrogen-bond acceptors (Lipinski definition) is 3. The third kappa shape index (κ3) is 1.40. The summed E-state index contributed by atoms with van der Waals surface area (Å²) in [7, 11) is 3.10. The second-order valence-corrected chi connectivity index (χ2v) is 5.10. The van der Waals surface area contributed by atoms with Crippen molar-refractivity contribution in [1.29, 1.82) is 0 Å². The highest BCUT2D eigenvalue weighted by Crippen LogP contribution is 2.57. The Balaban J connectivity index is 2.23. The summed E-state index contributed by atoms with van der Waals surface area (Å²) >= 11 is 0. The van der Waals surface area contributed by atoms with Gasteiger partial charge in [0.05, 0.1) is 18.1 Å². The van der Waals surface area contributed by atoms with E-state index in [0.29, 0.717) is 5.56 Å². The normalized spacial score (nSPS) is 18.4. The lowest BCUT2D eigenvalue weighted by atomic mass is 9.93. The molecule has 3 rings (SSSR count). The molecule has 1 amide bonds. The second kappa shape index (κ2) is 3.70. The molecule has 0 N–H and O–H groups in total. The Morgan fingerprint density at radius 1 is 1.47 bits per heavy atom. The number of nitrogens with zero attached hydrogens (tertiary/aromatic N) is 1. The van der Waals surface area contributed by atoms with Crippen molar-refractivity contribution >= 4 is 23.6 Å². The zero-order valence-corrected chi connectivity index (χ0v) is 11.0. The minimum atomic E-state index is -0.407. The molecule has 1 saturated carbocycles. The number of carbonyl (C=O) groups is 2. The maximum atomic E-state index is 12.3. The standard InChI is InChI=1S/C15H15NO3/c1-4-9-7-11-12(8-10(9)13(17)19-3)16(2)14(18)15(11)5-6-15/h4,7-8H,1,5-6H2,2-3H3. The van der Waals surface area contributed by atoms with Crippen LogP contribution in [0.15, 0.2) is 18.7 Å². The van der Waals surface area contributed by atoms with E-state index in [1.54, 1.807) is 24.1 Å². The summed E-state index contributed by atoms with van der Waals surface area (Å²) in [5, 5.41) is 0. The van der Waals surface area contributed by atoms with Crippen molar-refractivity contribution in [2.75, 3.05) is 19.1 Å². The summed E-state index contributed by atoms with van der Waals surface area (Å²) in [5.41, 5.74) is 2.67. The number of fused-ring (bicyclic) bond motifs is 2. The van der Waals surface area contributed by atoms with E-state index < -0.39 is 5.97 Å². The predicted molar refractivity (Wildman–Crippen MR) is 72.2 cm³/mol. The van der Waals surface area contributed by atoms with Crippen LogP contribution < -0.4 is 4.90 Å². The topological polar surface area (TPSA) is 46.6 Å². The molecule has 0 unspecified atom stereocenters. The van der Waals surface area contributed by atoms with E-state index in [4.69, 9.17) is 4.74 Å². The number of ether oxygens (including phenoxy) is 1. The molecule has 4 heteroatoms. The van der Waals surface area contributed by atoms with Gasteiger partial charge in [0.1, 0.15) is 0 Å². The van der Waals surface area contributed by atoms with Crippen molar-refractivity contribution in [3.8, 4) is 0 Å². The minimum Gasteiger partial charge on any atom is -0.465 e. The second-order valence-electron chi connectivity index (χ2n) is 5.10. The van der Waals surface area contributed by atoms with E-state index in [2.05, 4.69) is 6.58 Å². The minimum absolute atomic E-state index is 0.125. The molecule has 0 bridgehead atoms. The van der Waals surface area contributed by atoms with Crippen LogP contribution in [0.25, 0.3) is 6.08 Å². The lowest BCUT2D eigenvalue weighted by molar-refractivity contribution is -0.119. The number of amides is 1. The Morgan fingerprint density at radius 3 is 2.68 bits per heavy atom. The van der Waals surface area contributed by atoms with Gasteiger partial charge in [0.25, 0.3) is 0 Å². The summed E-state index contributed by atoms with van der Waals surface area (Å²) in [5.74, 6) is -0.283. The highest BCUT2D eigenvalue weighted by Gasteiger charge is 2.58. The van der Waals surface area contributed by atoms with Crippen LogP contribution in [0.5, 0.6) is 0 Å². The van der Waals surface area contributed by atoms with Crippen LogP contribution in [0.4, 0.5) is 5.69 Å². The maximum absolute atomic E-state index is 12.3. The summed E-state index contributed by atoms with van der Waals surface area (Å²) in [6.45, 7) is 3.73. The average Bonchev–Trinajstić information content (AvgIpc) is 3.21. The first-order valence-electron chi connectivity index (χ1n) is 6.22. The van der Waals surface area contributed by atoms with Crippen molar-refractivity contribution in [2.24, 2.45) is 0 Å². The first kappa shape index (κ1) is 12.0. The van der Waals surface area contributed by atoms with Crippen molar-refractivity contribution in [2.45, 2.75) is 18.3 Å². The number of esters is 1. The van der Waals surface area contributed by atoms with E-state index in [1.165, 1.54) is 7.11 Å². The van der Waals surface area contributed by atoms with Gasteiger partial charge in [-0.05, 0) is 36.1 Å². The summed E-state index contributed by atoms with van der Waals surface area (Å²) in [6.07, 6.45) is 3.40. The van der Waals surface area contributed by atoms with Crippen LogP contribution in [0, 0.1) is 0 Å². The fraction of sp³-hybridized carbons (Fsp3) is 0.333. The van der Waals surface area contributed by atoms with Crippen LogP contribution in [0.1, 0.15) is 34.3 Å².